The van der Waals surface area contributed by atoms with Crippen molar-refractivity contribution < 1.29 is 9.53 Å². The monoisotopic (exact) mass is 335 g/mol. The molecule has 0 atom stereocenters. The number of ketones is 1. The molecule has 0 amide bonds. The molecule has 0 aliphatic carbocycles. The first kappa shape index (κ1) is 15.8. The van der Waals surface area contributed by atoms with Crippen molar-refractivity contribution in [1.82, 2.24) is 9.97 Å². The molecule has 6 heteroatoms. The summed E-state index contributed by atoms with van der Waals surface area (Å²) in [6.07, 6.45) is 3.04. The Balaban J connectivity index is 1.85. The molecule has 0 radical (unpaired) electrons. The maximum Gasteiger partial charge on any atom is 0.171 e. The molecule has 0 N–H and O–H groups in total. The van der Waals surface area contributed by atoms with E-state index in [0.29, 0.717) is 21.9 Å². The largest absolute Gasteiger partial charge is 0.456 e. The molecule has 118 valence electrons. The minimum atomic E-state index is 0.0259. The van der Waals surface area contributed by atoms with Gasteiger partial charge in [-0.25, -0.2) is 4.98 Å². The zero-order chi connectivity index (χ0) is 17.1. The van der Waals surface area contributed by atoms with Gasteiger partial charge >= 0.3 is 0 Å². The highest BCUT2D eigenvalue weighted by atomic mass is 32.1. The standard InChI is InChI=1S/C18H13N3O2S/c1-11-17(12(2)22)24-18(21-11)13-3-5-15(6-4-13)23-16-7-8-20-10-14(16)9-19/h3-8,10H,1-2H3. The molecule has 0 aliphatic heterocycles. The van der Waals surface area contributed by atoms with Gasteiger partial charge in [0.25, 0.3) is 0 Å². The van der Waals surface area contributed by atoms with Crippen LogP contribution in [-0.4, -0.2) is 15.8 Å². The predicted molar refractivity (Wildman–Crippen MR) is 91.3 cm³/mol. The molecule has 0 bridgehead atoms. The number of nitriles is 1. The van der Waals surface area contributed by atoms with Gasteiger partial charge in [0.1, 0.15) is 28.1 Å². The Bertz CT molecular complexity index is 940. The van der Waals surface area contributed by atoms with Crippen LogP contribution in [0.15, 0.2) is 42.7 Å². The van der Waals surface area contributed by atoms with Crippen molar-refractivity contribution in [1.29, 1.82) is 5.26 Å². The van der Waals surface area contributed by atoms with E-state index in [4.69, 9.17) is 10.00 Å². The van der Waals surface area contributed by atoms with Gasteiger partial charge in [0, 0.05) is 30.9 Å². The molecule has 2 heterocycles. The molecule has 24 heavy (non-hydrogen) atoms. The molecule has 3 aromatic rings. The van der Waals surface area contributed by atoms with E-state index in [2.05, 4.69) is 9.97 Å². The van der Waals surface area contributed by atoms with Gasteiger partial charge in [-0.1, -0.05) is 0 Å². The lowest BCUT2D eigenvalue weighted by Crippen LogP contribution is -1.89. The molecular formula is C18H13N3O2S. The van der Waals surface area contributed by atoms with E-state index in [9.17, 15) is 4.79 Å². The van der Waals surface area contributed by atoms with Gasteiger partial charge in [0.15, 0.2) is 5.78 Å². The number of aromatic nitrogens is 2. The zero-order valence-corrected chi connectivity index (χ0v) is 13.9. The van der Waals surface area contributed by atoms with Gasteiger partial charge in [-0.2, -0.15) is 5.26 Å². The second-order valence-corrected chi connectivity index (χ2v) is 6.10. The second kappa shape index (κ2) is 6.60. The Hall–Kier alpha value is -3.04. The van der Waals surface area contributed by atoms with Crippen molar-refractivity contribution in [2.45, 2.75) is 13.8 Å². The Morgan fingerprint density at radius 2 is 2.00 bits per heavy atom. The highest BCUT2D eigenvalue weighted by Gasteiger charge is 2.13. The number of pyridine rings is 1. The van der Waals surface area contributed by atoms with E-state index < -0.39 is 0 Å². The van der Waals surface area contributed by atoms with E-state index in [-0.39, 0.29) is 5.78 Å². The maximum absolute atomic E-state index is 11.5. The molecule has 0 unspecified atom stereocenters. The van der Waals surface area contributed by atoms with Gasteiger partial charge < -0.3 is 4.74 Å². The number of carbonyl (C=O) groups excluding carboxylic acids is 1. The summed E-state index contributed by atoms with van der Waals surface area (Å²) >= 11 is 1.38. The van der Waals surface area contributed by atoms with Crippen LogP contribution in [0, 0.1) is 18.3 Å². The summed E-state index contributed by atoms with van der Waals surface area (Å²) in [4.78, 5) is 20.6. The number of hydrogen-bond acceptors (Lipinski definition) is 6. The first-order chi connectivity index (χ1) is 11.6. The van der Waals surface area contributed by atoms with Crippen LogP contribution in [0.3, 0.4) is 0 Å². The SMILES string of the molecule is CC(=O)c1sc(-c2ccc(Oc3ccncc3C#N)cc2)nc1C. The molecule has 0 fully saturated rings. The molecular weight excluding hydrogens is 322 g/mol. The minimum absolute atomic E-state index is 0.0259. The fourth-order valence-corrected chi connectivity index (χ4v) is 3.16. The van der Waals surface area contributed by atoms with Gasteiger partial charge in [-0.15, -0.1) is 11.3 Å². The van der Waals surface area contributed by atoms with Crippen molar-refractivity contribution in [3.8, 4) is 28.1 Å². The second-order valence-electron chi connectivity index (χ2n) is 5.10. The maximum atomic E-state index is 11.5. The fraction of sp³-hybridized carbons (Fsp3) is 0.111. The van der Waals surface area contributed by atoms with Crippen LogP contribution in [0.2, 0.25) is 0 Å². The lowest BCUT2D eigenvalue weighted by Gasteiger charge is -2.07. The Labute approximate surface area is 143 Å². The zero-order valence-electron chi connectivity index (χ0n) is 13.1. The summed E-state index contributed by atoms with van der Waals surface area (Å²) in [6.45, 7) is 3.38. The van der Waals surface area contributed by atoms with Crippen molar-refractivity contribution in [3.63, 3.8) is 0 Å². The van der Waals surface area contributed by atoms with Crippen LogP contribution in [0.1, 0.15) is 27.9 Å². The van der Waals surface area contributed by atoms with Gasteiger partial charge in [-0.05, 0) is 31.2 Å². The third kappa shape index (κ3) is 3.16. The number of carbonyl (C=O) groups is 1. The number of aryl methyl sites for hydroxylation is 1. The van der Waals surface area contributed by atoms with Crippen LogP contribution in [0.25, 0.3) is 10.6 Å². The van der Waals surface area contributed by atoms with Crippen LogP contribution < -0.4 is 4.74 Å². The number of hydrogen-bond donors (Lipinski definition) is 0. The summed E-state index contributed by atoms with van der Waals surface area (Å²) in [5.74, 6) is 1.10. The Morgan fingerprint density at radius 1 is 1.25 bits per heavy atom. The fourth-order valence-electron chi connectivity index (χ4n) is 2.19. The minimum Gasteiger partial charge on any atom is -0.456 e. The summed E-state index contributed by atoms with van der Waals surface area (Å²) in [6, 6.07) is 11.1. The highest BCUT2D eigenvalue weighted by molar-refractivity contribution is 7.17. The quantitative estimate of drug-likeness (QED) is 0.661. The normalized spacial score (nSPS) is 10.2. The molecule has 0 aliphatic rings. The van der Waals surface area contributed by atoms with Crippen LogP contribution in [0.4, 0.5) is 0 Å². The number of nitrogens with zero attached hydrogens (tertiary/aromatic N) is 3. The third-order valence-corrected chi connectivity index (χ3v) is 4.65. The smallest absolute Gasteiger partial charge is 0.171 e. The van der Waals surface area contributed by atoms with E-state index in [1.165, 1.54) is 17.5 Å². The molecule has 0 saturated carbocycles. The number of benzene rings is 1. The molecule has 0 saturated heterocycles. The van der Waals surface area contributed by atoms with E-state index >= 15 is 0 Å². The average molecular weight is 335 g/mol. The Morgan fingerprint density at radius 3 is 2.62 bits per heavy atom. The van der Waals surface area contributed by atoms with Gasteiger partial charge in [0.05, 0.1) is 10.6 Å². The summed E-state index contributed by atoms with van der Waals surface area (Å²) in [7, 11) is 0. The third-order valence-electron chi connectivity index (χ3n) is 3.35. The molecule has 2 aromatic heterocycles. The number of Topliss-reactive ketones (excluding diaryl/α,β-unsaturated/α-hetero) is 1. The van der Waals surface area contributed by atoms with Crippen LogP contribution in [-0.2, 0) is 0 Å². The van der Waals surface area contributed by atoms with Crippen molar-refractivity contribution in [2.75, 3.05) is 0 Å². The Kier molecular flexibility index (Phi) is 4.36. The van der Waals surface area contributed by atoms with Gasteiger partial charge in [-0.3, -0.25) is 9.78 Å². The van der Waals surface area contributed by atoms with Crippen LogP contribution >= 0.6 is 11.3 Å². The first-order valence-electron chi connectivity index (χ1n) is 7.19. The number of rotatable bonds is 4. The van der Waals surface area contributed by atoms with Crippen molar-refractivity contribution in [3.05, 3.63) is 58.9 Å². The molecule has 1 aromatic carbocycles. The number of thiazole rings is 1. The topological polar surface area (TPSA) is 75.9 Å². The van der Waals surface area contributed by atoms with Crippen LogP contribution in [0.5, 0.6) is 11.5 Å². The average Bonchev–Trinajstić information content (AvgIpc) is 2.98. The van der Waals surface area contributed by atoms with Crippen molar-refractivity contribution in [2.24, 2.45) is 0 Å². The van der Waals surface area contributed by atoms with E-state index in [1.54, 1.807) is 31.3 Å². The van der Waals surface area contributed by atoms with Gasteiger partial charge in [0.2, 0.25) is 0 Å². The van der Waals surface area contributed by atoms with E-state index in [0.717, 1.165) is 16.3 Å². The summed E-state index contributed by atoms with van der Waals surface area (Å²) in [5, 5.41) is 9.86. The first-order valence-corrected chi connectivity index (χ1v) is 8.01. The lowest BCUT2D eigenvalue weighted by molar-refractivity contribution is 0.102. The van der Waals surface area contributed by atoms with E-state index in [1.807, 2.05) is 25.1 Å². The molecule has 3 rings (SSSR count). The summed E-state index contributed by atoms with van der Waals surface area (Å²) < 4.78 is 5.72. The lowest BCUT2D eigenvalue weighted by atomic mass is 10.2. The molecule has 0 spiro atoms. The number of ether oxygens (including phenoxy) is 1. The predicted octanol–water partition coefficient (Wildman–Crippen LogP) is 4.38. The van der Waals surface area contributed by atoms with Crippen molar-refractivity contribution >= 4 is 17.1 Å². The summed E-state index contributed by atoms with van der Waals surface area (Å²) in [5.41, 5.74) is 2.04. The molecule has 5 nitrogen and oxygen atoms in total. The highest BCUT2D eigenvalue weighted by Crippen LogP contribution is 2.31.